The molecule has 0 aliphatic carbocycles. The van der Waals surface area contributed by atoms with Gasteiger partial charge in [-0.25, -0.2) is 8.78 Å². The van der Waals surface area contributed by atoms with Gasteiger partial charge in [-0.15, -0.1) is 10.2 Å². The Morgan fingerprint density at radius 2 is 2.14 bits per heavy atom. The van der Waals surface area contributed by atoms with Gasteiger partial charge in [0.1, 0.15) is 11.6 Å². The summed E-state index contributed by atoms with van der Waals surface area (Å²) < 4.78 is 26.9. The number of carbonyl (C=O) groups is 1. The van der Waals surface area contributed by atoms with Crippen LogP contribution >= 0.6 is 23.1 Å². The van der Waals surface area contributed by atoms with E-state index in [1.165, 1.54) is 35.2 Å². The minimum absolute atomic E-state index is 0.132. The SMILES string of the molecule is CC(C)C(=O)Nc1nnc(SCc2ccc(F)cc2F)s1. The van der Waals surface area contributed by atoms with E-state index in [0.29, 0.717) is 20.8 Å². The van der Waals surface area contributed by atoms with Gasteiger partial charge in [0, 0.05) is 17.7 Å². The number of thioether (sulfide) groups is 1. The molecule has 0 saturated carbocycles. The molecule has 2 rings (SSSR count). The first-order valence-corrected chi connectivity index (χ1v) is 7.97. The minimum Gasteiger partial charge on any atom is -0.300 e. The highest BCUT2D eigenvalue weighted by molar-refractivity contribution is 8.00. The number of hydrogen-bond donors (Lipinski definition) is 1. The number of nitrogens with one attached hydrogen (secondary N) is 1. The van der Waals surface area contributed by atoms with Gasteiger partial charge >= 0.3 is 0 Å². The summed E-state index contributed by atoms with van der Waals surface area (Å²) in [6.45, 7) is 3.56. The van der Waals surface area contributed by atoms with E-state index in [2.05, 4.69) is 15.5 Å². The van der Waals surface area contributed by atoms with Crippen LogP contribution in [-0.4, -0.2) is 16.1 Å². The van der Waals surface area contributed by atoms with Crippen LogP contribution in [0, 0.1) is 17.6 Å². The van der Waals surface area contributed by atoms with Crippen molar-refractivity contribution in [3.8, 4) is 0 Å². The summed E-state index contributed by atoms with van der Waals surface area (Å²) in [5.41, 5.74) is 0.393. The zero-order chi connectivity index (χ0) is 15.4. The first-order chi connectivity index (χ1) is 9.95. The molecule has 112 valence electrons. The fourth-order valence-electron chi connectivity index (χ4n) is 1.35. The van der Waals surface area contributed by atoms with Crippen LogP contribution in [0.1, 0.15) is 19.4 Å². The third-order valence-electron chi connectivity index (χ3n) is 2.53. The molecule has 0 spiro atoms. The van der Waals surface area contributed by atoms with Crippen molar-refractivity contribution in [2.75, 3.05) is 5.32 Å². The van der Waals surface area contributed by atoms with Gasteiger partial charge in [-0.3, -0.25) is 4.79 Å². The van der Waals surface area contributed by atoms with Crippen LogP contribution in [0.3, 0.4) is 0 Å². The lowest BCUT2D eigenvalue weighted by atomic mass is 10.2. The van der Waals surface area contributed by atoms with Crippen molar-refractivity contribution < 1.29 is 13.6 Å². The maximum atomic E-state index is 13.5. The Bertz CT molecular complexity index is 646. The van der Waals surface area contributed by atoms with Gasteiger partial charge in [0.05, 0.1) is 0 Å². The van der Waals surface area contributed by atoms with E-state index in [4.69, 9.17) is 0 Å². The molecule has 1 heterocycles. The molecular formula is C13H13F2N3OS2. The molecule has 0 radical (unpaired) electrons. The van der Waals surface area contributed by atoms with E-state index >= 15 is 0 Å². The van der Waals surface area contributed by atoms with Crippen molar-refractivity contribution in [2.24, 2.45) is 5.92 Å². The smallest absolute Gasteiger partial charge is 0.228 e. The molecule has 1 aromatic carbocycles. The molecule has 0 saturated heterocycles. The lowest BCUT2D eigenvalue weighted by molar-refractivity contribution is -0.118. The zero-order valence-electron chi connectivity index (χ0n) is 11.4. The molecule has 2 aromatic rings. The van der Waals surface area contributed by atoms with Crippen LogP contribution < -0.4 is 5.32 Å². The Labute approximate surface area is 129 Å². The van der Waals surface area contributed by atoms with Crippen molar-refractivity contribution in [1.82, 2.24) is 10.2 Å². The Balaban J connectivity index is 1.95. The van der Waals surface area contributed by atoms with E-state index in [-0.39, 0.29) is 11.8 Å². The molecule has 0 atom stereocenters. The average molecular weight is 329 g/mol. The minimum atomic E-state index is -0.601. The maximum absolute atomic E-state index is 13.5. The van der Waals surface area contributed by atoms with Gasteiger partial charge in [-0.1, -0.05) is 43.0 Å². The average Bonchev–Trinajstić information content (AvgIpc) is 2.85. The summed E-state index contributed by atoms with van der Waals surface area (Å²) in [5, 5.41) is 10.8. The molecule has 21 heavy (non-hydrogen) atoms. The summed E-state index contributed by atoms with van der Waals surface area (Å²) in [5.74, 6) is -1.14. The summed E-state index contributed by atoms with van der Waals surface area (Å²) in [6, 6.07) is 3.47. The highest BCUT2D eigenvalue weighted by Crippen LogP contribution is 2.29. The zero-order valence-corrected chi connectivity index (χ0v) is 13.0. The van der Waals surface area contributed by atoms with Crippen molar-refractivity contribution in [3.05, 3.63) is 35.4 Å². The van der Waals surface area contributed by atoms with Gasteiger partial charge in [0.2, 0.25) is 11.0 Å². The molecule has 0 aliphatic rings. The number of aromatic nitrogens is 2. The third kappa shape index (κ3) is 4.47. The van der Waals surface area contributed by atoms with Gasteiger partial charge in [0.15, 0.2) is 4.34 Å². The fourth-order valence-corrected chi connectivity index (χ4v) is 3.09. The van der Waals surface area contributed by atoms with E-state index < -0.39 is 11.6 Å². The standard InChI is InChI=1S/C13H13F2N3OS2/c1-7(2)11(19)16-12-17-18-13(21-12)20-6-8-3-4-9(14)5-10(8)15/h3-5,7H,6H2,1-2H3,(H,16,17,19). The Morgan fingerprint density at radius 1 is 1.38 bits per heavy atom. The summed E-state index contributed by atoms with van der Waals surface area (Å²) >= 11 is 2.50. The van der Waals surface area contributed by atoms with E-state index in [9.17, 15) is 13.6 Å². The van der Waals surface area contributed by atoms with E-state index in [0.717, 1.165) is 6.07 Å². The van der Waals surface area contributed by atoms with Crippen molar-refractivity contribution in [2.45, 2.75) is 23.9 Å². The monoisotopic (exact) mass is 329 g/mol. The lowest BCUT2D eigenvalue weighted by Gasteiger charge is -2.02. The van der Waals surface area contributed by atoms with Crippen LogP contribution in [0.15, 0.2) is 22.5 Å². The number of rotatable bonds is 5. The molecule has 1 aromatic heterocycles. The van der Waals surface area contributed by atoms with Gasteiger partial charge in [-0.05, 0) is 11.6 Å². The van der Waals surface area contributed by atoms with E-state index in [1.54, 1.807) is 13.8 Å². The topological polar surface area (TPSA) is 54.9 Å². The molecule has 1 N–H and O–H groups in total. The molecule has 0 fully saturated rings. The fraction of sp³-hybridized carbons (Fsp3) is 0.308. The van der Waals surface area contributed by atoms with Crippen molar-refractivity contribution in [1.29, 1.82) is 0 Å². The second kappa shape index (κ2) is 6.95. The first kappa shape index (κ1) is 15.8. The maximum Gasteiger partial charge on any atom is 0.228 e. The molecule has 1 amide bonds. The Hall–Kier alpha value is -1.54. The number of nitrogens with zero attached hydrogens (tertiary/aromatic N) is 2. The van der Waals surface area contributed by atoms with Crippen molar-refractivity contribution >= 4 is 34.1 Å². The van der Waals surface area contributed by atoms with E-state index in [1.807, 2.05) is 0 Å². The third-order valence-corrected chi connectivity index (χ3v) is 4.55. The quantitative estimate of drug-likeness (QED) is 0.671. The molecule has 8 heteroatoms. The molecule has 0 unspecified atom stereocenters. The van der Waals surface area contributed by atoms with Crippen molar-refractivity contribution in [3.63, 3.8) is 0 Å². The predicted molar refractivity (Wildman–Crippen MR) is 79.3 cm³/mol. The normalized spacial score (nSPS) is 10.9. The second-order valence-electron chi connectivity index (χ2n) is 4.54. The number of benzene rings is 1. The van der Waals surface area contributed by atoms with Crippen LogP contribution in [0.5, 0.6) is 0 Å². The Kier molecular flexibility index (Phi) is 5.24. The second-order valence-corrected chi connectivity index (χ2v) is 6.74. The molecule has 0 aliphatic heterocycles. The first-order valence-electron chi connectivity index (χ1n) is 6.17. The highest BCUT2D eigenvalue weighted by Gasteiger charge is 2.12. The van der Waals surface area contributed by atoms with Gasteiger partial charge < -0.3 is 5.32 Å². The largest absolute Gasteiger partial charge is 0.300 e. The predicted octanol–water partition coefficient (Wildman–Crippen LogP) is 3.70. The summed E-state index contributed by atoms with van der Waals surface area (Å²) in [6.07, 6.45) is 0. The number of carbonyl (C=O) groups excluding carboxylic acids is 1. The number of hydrogen-bond acceptors (Lipinski definition) is 5. The van der Waals surface area contributed by atoms with Crippen LogP contribution in [0.2, 0.25) is 0 Å². The summed E-state index contributed by atoms with van der Waals surface area (Å²) in [4.78, 5) is 11.5. The molecule has 4 nitrogen and oxygen atoms in total. The number of halogens is 2. The number of amides is 1. The van der Waals surface area contributed by atoms with Gasteiger partial charge in [-0.2, -0.15) is 0 Å². The van der Waals surface area contributed by atoms with Crippen LogP contribution in [0.25, 0.3) is 0 Å². The summed E-state index contributed by atoms with van der Waals surface area (Å²) in [7, 11) is 0. The molecule has 0 bridgehead atoms. The highest BCUT2D eigenvalue weighted by atomic mass is 32.2. The van der Waals surface area contributed by atoms with Crippen LogP contribution in [0.4, 0.5) is 13.9 Å². The van der Waals surface area contributed by atoms with Gasteiger partial charge in [0.25, 0.3) is 0 Å². The molecular weight excluding hydrogens is 316 g/mol. The lowest BCUT2D eigenvalue weighted by Crippen LogP contribution is -2.17. The Morgan fingerprint density at radius 3 is 2.81 bits per heavy atom. The number of anilines is 1. The van der Waals surface area contributed by atoms with Crippen LogP contribution in [-0.2, 0) is 10.5 Å².